The standard InChI is InChI=1S/C20H25ClFN7O2/c1-12(2)29(10-17(30)24-7-13-5-4-6-14(21)19(13)22)18(31)11-28-9-16-15(27-28)8-25-20(23-3)26-16/h4-6,9,12H,7-8,10-11H2,1-3H3,(H,24,30)(H2,23,25,26). The summed E-state index contributed by atoms with van der Waals surface area (Å²) < 4.78 is 15.5. The van der Waals surface area contributed by atoms with Gasteiger partial charge in [-0.3, -0.25) is 19.3 Å². The van der Waals surface area contributed by atoms with E-state index in [1.54, 1.807) is 25.4 Å². The number of aromatic nitrogens is 2. The minimum absolute atomic E-state index is 0.00493. The topological polar surface area (TPSA) is 104 Å². The predicted octanol–water partition coefficient (Wildman–Crippen LogP) is 1.73. The highest BCUT2D eigenvalue weighted by Gasteiger charge is 2.23. The zero-order chi connectivity index (χ0) is 22.5. The van der Waals surface area contributed by atoms with Crippen molar-refractivity contribution in [2.45, 2.75) is 39.5 Å². The van der Waals surface area contributed by atoms with Gasteiger partial charge in [0.2, 0.25) is 11.8 Å². The number of carbonyl (C=O) groups excluding carboxylic acids is 2. The Morgan fingerprint density at radius 2 is 2.19 bits per heavy atom. The molecule has 11 heteroatoms. The van der Waals surface area contributed by atoms with Gasteiger partial charge in [0, 0.05) is 31.4 Å². The predicted molar refractivity (Wildman–Crippen MR) is 116 cm³/mol. The van der Waals surface area contributed by atoms with E-state index in [4.69, 9.17) is 11.6 Å². The van der Waals surface area contributed by atoms with E-state index in [-0.39, 0.29) is 42.2 Å². The Labute approximate surface area is 184 Å². The van der Waals surface area contributed by atoms with Crippen molar-refractivity contribution >= 4 is 35.1 Å². The number of benzene rings is 1. The summed E-state index contributed by atoms with van der Waals surface area (Å²) in [7, 11) is 1.67. The van der Waals surface area contributed by atoms with E-state index in [1.807, 2.05) is 13.8 Å². The smallest absolute Gasteiger partial charge is 0.245 e. The molecule has 166 valence electrons. The van der Waals surface area contributed by atoms with E-state index < -0.39 is 11.7 Å². The van der Waals surface area contributed by atoms with Crippen LogP contribution < -0.4 is 16.0 Å². The maximum absolute atomic E-state index is 14.0. The molecule has 1 aliphatic rings. The van der Waals surface area contributed by atoms with Crippen molar-refractivity contribution in [3.63, 3.8) is 0 Å². The van der Waals surface area contributed by atoms with Gasteiger partial charge < -0.3 is 20.9 Å². The summed E-state index contributed by atoms with van der Waals surface area (Å²) in [6.45, 7) is 3.98. The lowest BCUT2D eigenvalue weighted by Crippen LogP contribution is -2.45. The molecular weight excluding hydrogens is 425 g/mol. The molecule has 2 aromatic rings. The zero-order valence-electron chi connectivity index (χ0n) is 17.6. The summed E-state index contributed by atoms with van der Waals surface area (Å²) in [6.07, 6.45) is 1.74. The SMILES string of the molecule is CN=C1NCc2nn(CC(=O)N(CC(=O)NCc3cccc(Cl)c3F)C(C)C)cc2N1. The maximum Gasteiger partial charge on any atom is 0.245 e. The van der Waals surface area contributed by atoms with Crippen LogP contribution in [0.2, 0.25) is 5.02 Å². The number of anilines is 1. The molecule has 1 aromatic heterocycles. The number of nitrogens with zero attached hydrogens (tertiary/aromatic N) is 4. The first kappa shape index (κ1) is 22.5. The first-order chi connectivity index (χ1) is 14.8. The lowest BCUT2D eigenvalue weighted by Gasteiger charge is -2.26. The zero-order valence-corrected chi connectivity index (χ0v) is 18.3. The van der Waals surface area contributed by atoms with Crippen LogP contribution in [0.5, 0.6) is 0 Å². The van der Waals surface area contributed by atoms with Crippen molar-refractivity contribution in [1.82, 2.24) is 25.3 Å². The number of hydrogen-bond acceptors (Lipinski definition) is 4. The van der Waals surface area contributed by atoms with Crippen molar-refractivity contribution < 1.29 is 14.0 Å². The number of guanidine groups is 1. The van der Waals surface area contributed by atoms with E-state index in [2.05, 4.69) is 26.0 Å². The van der Waals surface area contributed by atoms with E-state index in [0.717, 1.165) is 11.4 Å². The molecule has 3 N–H and O–H groups in total. The number of halogens is 2. The van der Waals surface area contributed by atoms with Crippen LogP contribution in [0.25, 0.3) is 0 Å². The lowest BCUT2D eigenvalue weighted by molar-refractivity contribution is -0.138. The summed E-state index contributed by atoms with van der Waals surface area (Å²) in [5.74, 6) is -0.578. The average molecular weight is 450 g/mol. The van der Waals surface area contributed by atoms with Crippen LogP contribution in [-0.4, -0.2) is 52.1 Å². The third-order valence-electron chi connectivity index (χ3n) is 4.80. The first-order valence-corrected chi connectivity index (χ1v) is 10.2. The second kappa shape index (κ2) is 9.78. The van der Waals surface area contributed by atoms with E-state index >= 15 is 0 Å². The van der Waals surface area contributed by atoms with Gasteiger partial charge in [0.1, 0.15) is 18.1 Å². The molecule has 9 nitrogen and oxygen atoms in total. The highest BCUT2D eigenvalue weighted by atomic mass is 35.5. The molecule has 1 aliphatic heterocycles. The molecule has 0 bridgehead atoms. The van der Waals surface area contributed by atoms with Crippen molar-refractivity contribution in [2.75, 3.05) is 18.9 Å². The second-order valence-corrected chi connectivity index (χ2v) is 7.75. The normalized spacial score (nSPS) is 14.1. The van der Waals surface area contributed by atoms with Crippen LogP contribution in [0.1, 0.15) is 25.1 Å². The fraction of sp³-hybridized carbons (Fsp3) is 0.400. The molecule has 2 heterocycles. The molecule has 0 atom stereocenters. The molecular formula is C20H25ClFN7O2. The highest BCUT2D eigenvalue weighted by molar-refractivity contribution is 6.30. The number of aliphatic imine (C=N–C) groups is 1. The van der Waals surface area contributed by atoms with Gasteiger partial charge >= 0.3 is 0 Å². The first-order valence-electron chi connectivity index (χ1n) is 9.81. The summed E-state index contributed by atoms with van der Waals surface area (Å²) in [6, 6.07) is 4.39. The van der Waals surface area contributed by atoms with E-state index in [9.17, 15) is 14.0 Å². The van der Waals surface area contributed by atoms with E-state index in [0.29, 0.717) is 12.5 Å². The number of hydrogen-bond donors (Lipinski definition) is 3. The molecule has 0 saturated carbocycles. The Bertz CT molecular complexity index is 1010. The van der Waals surface area contributed by atoms with Crippen LogP contribution in [0.15, 0.2) is 29.4 Å². The minimum atomic E-state index is -0.566. The lowest BCUT2D eigenvalue weighted by atomic mass is 10.2. The minimum Gasteiger partial charge on any atom is -0.350 e. The molecule has 0 unspecified atom stereocenters. The number of fused-ring (bicyclic) bond motifs is 1. The largest absolute Gasteiger partial charge is 0.350 e. The van der Waals surface area contributed by atoms with Gasteiger partial charge in [-0.25, -0.2) is 4.39 Å². The second-order valence-electron chi connectivity index (χ2n) is 7.34. The molecule has 0 saturated heterocycles. The molecule has 31 heavy (non-hydrogen) atoms. The number of carbonyl (C=O) groups is 2. The Kier molecular flexibility index (Phi) is 7.11. The summed E-state index contributed by atoms with van der Waals surface area (Å²) in [4.78, 5) is 30.8. The molecule has 2 amide bonds. The summed E-state index contributed by atoms with van der Waals surface area (Å²) in [5, 5.41) is 13.2. The molecule has 1 aromatic carbocycles. The Morgan fingerprint density at radius 1 is 1.42 bits per heavy atom. The Hall–Kier alpha value is -3.14. The molecule has 0 radical (unpaired) electrons. The van der Waals surface area contributed by atoms with Gasteiger partial charge in [-0.15, -0.1) is 0 Å². The number of nitrogens with one attached hydrogen (secondary N) is 3. The third kappa shape index (κ3) is 5.52. The molecule has 0 fully saturated rings. The van der Waals surface area contributed by atoms with Gasteiger partial charge in [0.25, 0.3) is 0 Å². The van der Waals surface area contributed by atoms with E-state index in [1.165, 1.54) is 15.6 Å². The van der Waals surface area contributed by atoms with Gasteiger partial charge in [0.15, 0.2) is 5.96 Å². The maximum atomic E-state index is 14.0. The number of rotatable bonds is 7. The molecule has 3 rings (SSSR count). The monoisotopic (exact) mass is 449 g/mol. The molecule has 0 aliphatic carbocycles. The fourth-order valence-corrected chi connectivity index (χ4v) is 3.32. The van der Waals surface area contributed by atoms with Gasteiger partial charge in [-0.05, 0) is 19.9 Å². The van der Waals surface area contributed by atoms with Crippen molar-refractivity contribution in [2.24, 2.45) is 4.99 Å². The molecule has 0 spiro atoms. The van der Waals surface area contributed by atoms with Crippen LogP contribution in [0.4, 0.5) is 10.1 Å². The van der Waals surface area contributed by atoms with Crippen molar-refractivity contribution in [3.05, 3.63) is 46.5 Å². The summed E-state index contributed by atoms with van der Waals surface area (Å²) >= 11 is 5.76. The van der Waals surface area contributed by atoms with Crippen LogP contribution in [0.3, 0.4) is 0 Å². The van der Waals surface area contributed by atoms with Crippen LogP contribution >= 0.6 is 11.6 Å². The van der Waals surface area contributed by atoms with Gasteiger partial charge in [-0.2, -0.15) is 5.10 Å². The van der Waals surface area contributed by atoms with Gasteiger partial charge in [-0.1, -0.05) is 23.7 Å². The van der Waals surface area contributed by atoms with Crippen LogP contribution in [-0.2, 0) is 29.2 Å². The fourth-order valence-electron chi connectivity index (χ4n) is 3.13. The summed E-state index contributed by atoms with van der Waals surface area (Å²) in [5.41, 5.74) is 1.84. The van der Waals surface area contributed by atoms with Gasteiger partial charge in [0.05, 0.1) is 23.8 Å². The highest BCUT2D eigenvalue weighted by Crippen LogP contribution is 2.18. The third-order valence-corrected chi connectivity index (χ3v) is 5.09. The number of amides is 2. The van der Waals surface area contributed by atoms with Crippen LogP contribution in [0, 0.1) is 5.82 Å². The average Bonchev–Trinajstić information content (AvgIpc) is 3.13. The Morgan fingerprint density at radius 3 is 2.90 bits per heavy atom. The van der Waals surface area contributed by atoms with Crippen molar-refractivity contribution in [3.8, 4) is 0 Å². The quantitative estimate of drug-likeness (QED) is 0.597. The Balaban J connectivity index is 1.60. The van der Waals surface area contributed by atoms with Crippen molar-refractivity contribution in [1.29, 1.82) is 0 Å².